The van der Waals surface area contributed by atoms with Gasteiger partial charge < -0.3 is 10.2 Å². The number of sulfone groups is 1. The highest BCUT2D eigenvalue weighted by atomic mass is 32.2. The summed E-state index contributed by atoms with van der Waals surface area (Å²) in [5, 5.41) is 2.79. The maximum absolute atomic E-state index is 12.8. The van der Waals surface area contributed by atoms with Crippen LogP contribution in [0.2, 0.25) is 0 Å². The molecule has 164 valence electrons. The van der Waals surface area contributed by atoms with E-state index in [0.29, 0.717) is 19.4 Å². The largest absolute Gasteiger partial charge is 0.356 e. The van der Waals surface area contributed by atoms with Gasteiger partial charge in [0.2, 0.25) is 11.8 Å². The summed E-state index contributed by atoms with van der Waals surface area (Å²) in [6.45, 7) is 2.47. The second-order valence-electron chi connectivity index (χ2n) is 8.48. The second-order valence-corrected chi connectivity index (χ2v) is 10.6. The number of carbonyl (C=O) groups is 2. The quantitative estimate of drug-likeness (QED) is 0.684. The van der Waals surface area contributed by atoms with E-state index in [-0.39, 0.29) is 40.8 Å². The molecule has 2 aromatic rings. The van der Waals surface area contributed by atoms with Crippen LogP contribution in [0.1, 0.15) is 37.3 Å². The molecule has 0 aromatic heterocycles. The Kier molecular flexibility index (Phi) is 6.14. The summed E-state index contributed by atoms with van der Waals surface area (Å²) in [7, 11) is -3.58. The molecule has 1 aliphatic heterocycles. The normalized spacial score (nSPS) is 18.0. The topological polar surface area (TPSA) is 83.6 Å². The van der Waals surface area contributed by atoms with E-state index >= 15 is 0 Å². The molecule has 0 saturated heterocycles. The van der Waals surface area contributed by atoms with Crippen molar-refractivity contribution >= 4 is 27.3 Å². The third kappa shape index (κ3) is 4.98. The molecule has 1 fully saturated rings. The van der Waals surface area contributed by atoms with E-state index < -0.39 is 9.84 Å². The Bertz CT molecular complexity index is 1080. The Morgan fingerprint density at radius 2 is 1.84 bits per heavy atom. The van der Waals surface area contributed by atoms with Gasteiger partial charge in [-0.2, -0.15) is 0 Å². The zero-order valence-corrected chi connectivity index (χ0v) is 18.5. The maximum atomic E-state index is 12.8. The third-order valence-electron chi connectivity index (χ3n) is 5.97. The number of carbonyl (C=O) groups excluding carboxylic acids is 2. The van der Waals surface area contributed by atoms with Crippen LogP contribution in [-0.2, 0) is 32.3 Å². The van der Waals surface area contributed by atoms with Crippen molar-refractivity contribution in [2.45, 2.75) is 50.0 Å². The molecule has 31 heavy (non-hydrogen) atoms. The Morgan fingerprint density at radius 3 is 2.55 bits per heavy atom. The molecule has 6 nitrogen and oxygen atoms in total. The van der Waals surface area contributed by atoms with Crippen LogP contribution in [0, 0.1) is 5.92 Å². The van der Waals surface area contributed by atoms with E-state index in [0.717, 1.165) is 29.7 Å². The zero-order chi connectivity index (χ0) is 22.0. The van der Waals surface area contributed by atoms with Gasteiger partial charge in [-0.3, -0.25) is 9.59 Å². The first-order chi connectivity index (χ1) is 14.8. The third-order valence-corrected chi connectivity index (χ3v) is 7.68. The molecule has 1 heterocycles. The smallest absolute Gasteiger partial charge is 0.230 e. The van der Waals surface area contributed by atoms with E-state index in [1.807, 2.05) is 42.2 Å². The van der Waals surface area contributed by atoms with Gasteiger partial charge in [-0.1, -0.05) is 30.3 Å². The van der Waals surface area contributed by atoms with Crippen molar-refractivity contribution in [1.29, 1.82) is 0 Å². The average Bonchev–Trinajstić information content (AvgIpc) is 3.54. The van der Waals surface area contributed by atoms with Gasteiger partial charge in [-0.05, 0) is 61.9 Å². The molecular weight excluding hydrogens is 412 g/mol. The van der Waals surface area contributed by atoms with Crippen LogP contribution in [-0.4, -0.2) is 38.6 Å². The molecule has 2 aliphatic rings. The number of fused-ring (bicyclic) bond motifs is 1. The number of hydrogen-bond acceptors (Lipinski definition) is 4. The van der Waals surface area contributed by atoms with Crippen molar-refractivity contribution in [3.05, 3.63) is 59.7 Å². The van der Waals surface area contributed by atoms with Gasteiger partial charge in [0.25, 0.3) is 0 Å². The molecule has 2 amide bonds. The summed E-state index contributed by atoms with van der Waals surface area (Å²) >= 11 is 0. The van der Waals surface area contributed by atoms with Crippen LogP contribution in [0.5, 0.6) is 0 Å². The minimum absolute atomic E-state index is 0.0384. The number of anilines is 1. The fraction of sp³-hybridized carbons (Fsp3) is 0.417. The Labute approximate surface area is 183 Å². The first kappa shape index (κ1) is 21.6. The summed E-state index contributed by atoms with van der Waals surface area (Å²) in [5.74, 6) is -0.231. The summed E-state index contributed by atoms with van der Waals surface area (Å²) in [5.41, 5.74) is 2.83. The summed E-state index contributed by atoms with van der Waals surface area (Å²) in [4.78, 5) is 26.7. The number of benzene rings is 2. The Hall–Kier alpha value is -2.67. The molecule has 1 unspecified atom stereocenters. The van der Waals surface area contributed by atoms with Gasteiger partial charge in [0.1, 0.15) is 0 Å². The van der Waals surface area contributed by atoms with Crippen molar-refractivity contribution in [2.75, 3.05) is 17.2 Å². The van der Waals surface area contributed by atoms with Gasteiger partial charge in [0.15, 0.2) is 9.84 Å². The van der Waals surface area contributed by atoms with E-state index in [4.69, 9.17) is 0 Å². The van der Waals surface area contributed by atoms with Gasteiger partial charge in [-0.25, -0.2) is 8.42 Å². The van der Waals surface area contributed by atoms with Crippen molar-refractivity contribution in [1.82, 2.24) is 5.32 Å². The van der Waals surface area contributed by atoms with Crippen LogP contribution in [0.25, 0.3) is 0 Å². The zero-order valence-electron chi connectivity index (χ0n) is 17.7. The van der Waals surface area contributed by atoms with E-state index in [9.17, 15) is 18.0 Å². The lowest BCUT2D eigenvalue weighted by molar-refractivity contribution is -0.121. The predicted octanol–water partition coefficient (Wildman–Crippen LogP) is 2.90. The Morgan fingerprint density at radius 1 is 1.10 bits per heavy atom. The second kappa shape index (κ2) is 8.83. The van der Waals surface area contributed by atoms with Crippen LogP contribution >= 0.6 is 0 Å². The monoisotopic (exact) mass is 440 g/mol. The molecule has 2 aromatic carbocycles. The molecule has 0 bridgehead atoms. The van der Waals surface area contributed by atoms with E-state index in [2.05, 4.69) is 5.32 Å². The molecule has 4 rings (SSSR count). The minimum Gasteiger partial charge on any atom is -0.356 e. The van der Waals surface area contributed by atoms with Gasteiger partial charge in [0.05, 0.1) is 10.6 Å². The molecule has 1 aliphatic carbocycles. The number of amides is 2. The highest BCUT2D eigenvalue weighted by Gasteiger charge is 2.39. The van der Waals surface area contributed by atoms with Gasteiger partial charge in [0, 0.05) is 30.6 Å². The molecule has 0 radical (unpaired) electrons. The summed E-state index contributed by atoms with van der Waals surface area (Å²) in [6.07, 6.45) is 3.17. The van der Waals surface area contributed by atoms with E-state index in [1.54, 1.807) is 18.2 Å². The number of nitrogens with zero attached hydrogens (tertiary/aromatic N) is 1. The van der Waals surface area contributed by atoms with Crippen molar-refractivity contribution in [2.24, 2.45) is 5.92 Å². The fourth-order valence-corrected chi connectivity index (χ4v) is 5.37. The lowest BCUT2D eigenvalue weighted by Gasteiger charge is -2.22. The standard InChI is InChI=1S/C24H28N2O4S/c1-17-15-20-16-21(9-10-22(20)26(17)24(28)19-7-8-19)31(29,30)14-12-23(27)25-13-11-18-5-3-2-4-6-18/h2-6,9-10,16-17,19H,7-8,11-15H2,1H3,(H,25,27). The lowest BCUT2D eigenvalue weighted by atomic mass is 10.1. The first-order valence-electron chi connectivity index (χ1n) is 10.8. The van der Waals surface area contributed by atoms with Gasteiger partial charge in [-0.15, -0.1) is 0 Å². The predicted molar refractivity (Wildman–Crippen MR) is 120 cm³/mol. The highest BCUT2D eigenvalue weighted by Crippen LogP contribution is 2.39. The van der Waals surface area contributed by atoms with Crippen molar-refractivity contribution in [3.63, 3.8) is 0 Å². The highest BCUT2D eigenvalue weighted by molar-refractivity contribution is 7.91. The number of hydrogen-bond donors (Lipinski definition) is 1. The summed E-state index contributed by atoms with van der Waals surface area (Å²) < 4.78 is 25.6. The van der Waals surface area contributed by atoms with Crippen molar-refractivity contribution in [3.8, 4) is 0 Å². The molecule has 0 spiro atoms. The van der Waals surface area contributed by atoms with Crippen LogP contribution in [0.15, 0.2) is 53.4 Å². The lowest BCUT2D eigenvalue weighted by Crippen LogP contribution is -2.36. The maximum Gasteiger partial charge on any atom is 0.230 e. The number of nitrogens with one attached hydrogen (secondary N) is 1. The Balaban J connectivity index is 1.34. The average molecular weight is 441 g/mol. The molecule has 7 heteroatoms. The number of rotatable bonds is 8. The first-order valence-corrected chi connectivity index (χ1v) is 12.5. The SMILES string of the molecule is CC1Cc2cc(S(=O)(=O)CCC(=O)NCCc3ccccc3)ccc2N1C(=O)C1CC1. The van der Waals surface area contributed by atoms with Gasteiger partial charge >= 0.3 is 0 Å². The fourth-order valence-electron chi connectivity index (χ4n) is 4.09. The van der Waals surface area contributed by atoms with Crippen LogP contribution in [0.3, 0.4) is 0 Å². The molecule has 1 N–H and O–H groups in total. The molecule has 1 saturated carbocycles. The van der Waals surface area contributed by atoms with E-state index in [1.165, 1.54) is 0 Å². The van der Waals surface area contributed by atoms with Crippen molar-refractivity contribution < 1.29 is 18.0 Å². The summed E-state index contributed by atoms with van der Waals surface area (Å²) in [6, 6.07) is 14.8. The molecule has 1 atom stereocenters. The van der Waals surface area contributed by atoms with Crippen LogP contribution < -0.4 is 10.2 Å². The molecular formula is C24H28N2O4S. The minimum atomic E-state index is -3.58. The van der Waals surface area contributed by atoms with Crippen LogP contribution in [0.4, 0.5) is 5.69 Å².